The summed E-state index contributed by atoms with van der Waals surface area (Å²) in [5.41, 5.74) is 1.34. The third-order valence-corrected chi connectivity index (χ3v) is 5.87. The largest absolute Gasteiger partial charge is 0.384 e. The second-order valence-corrected chi connectivity index (χ2v) is 7.26. The molecule has 2 heterocycles. The molecule has 0 aromatic carbocycles. The minimum Gasteiger partial charge on any atom is -0.384 e. The first-order valence-electron chi connectivity index (χ1n) is 8.28. The molecule has 1 saturated heterocycles. The number of hydrogen-bond donors (Lipinski definition) is 1. The van der Waals surface area contributed by atoms with Crippen LogP contribution in [0.2, 0.25) is 0 Å². The van der Waals surface area contributed by atoms with Crippen molar-refractivity contribution >= 4 is 16.5 Å². The summed E-state index contributed by atoms with van der Waals surface area (Å²) in [7, 11) is 1.81. The molecule has 0 amide bonds. The van der Waals surface area contributed by atoms with Gasteiger partial charge in [-0.1, -0.05) is 6.92 Å². The Labute approximate surface area is 131 Å². The van der Waals surface area contributed by atoms with Crippen LogP contribution in [-0.4, -0.2) is 38.3 Å². The summed E-state index contributed by atoms with van der Waals surface area (Å²) in [6.45, 7) is 6.38. The van der Waals surface area contributed by atoms with E-state index in [0.29, 0.717) is 6.04 Å². The number of fused-ring (bicyclic) bond motifs is 1. The minimum atomic E-state index is 0.481. The van der Waals surface area contributed by atoms with Crippen LogP contribution >= 0.6 is 11.3 Å². The quantitative estimate of drug-likeness (QED) is 0.907. The average molecular weight is 309 g/mol. The zero-order valence-corrected chi connectivity index (χ0v) is 14.0. The molecular weight excluding hydrogens is 282 g/mol. The topological polar surface area (TPSA) is 37.4 Å². The van der Waals surface area contributed by atoms with Gasteiger partial charge in [-0.2, -0.15) is 0 Å². The first-order chi connectivity index (χ1) is 10.3. The van der Waals surface area contributed by atoms with Crippen molar-refractivity contribution in [3.8, 4) is 0 Å². The number of methoxy groups -OCH3 is 1. The van der Waals surface area contributed by atoms with Crippen LogP contribution in [0.25, 0.3) is 0 Å². The van der Waals surface area contributed by atoms with Crippen LogP contribution in [0.1, 0.15) is 49.2 Å². The van der Waals surface area contributed by atoms with Crippen LogP contribution < -0.4 is 10.2 Å². The van der Waals surface area contributed by atoms with Crippen LogP contribution in [0.3, 0.4) is 0 Å². The molecule has 4 nitrogen and oxygen atoms in total. The number of ether oxygens (including phenoxy) is 1. The molecule has 1 unspecified atom stereocenters. The van der Waals surface area contributed by atoms with Crippen LogP contribution in [0.15, 0.2) is 0 Å². The highest BCUT2D eigenvalue weighted by atomic mass is 32.1. The van der Waals surface area contributed by atoms with Gasteiger partial charge >= 0.3 is 0 Å². The van der Waals surface area contributed by atoms with Gasteiger partial charge < -0.3 is 15.0 Å². The van der Waals surface area contributed by atoms with Crippen LogP contribution in [0.5, 0.6) is 0 Å². The van der Waals surface area contributed by atoms with Crippen LogP contribution in [-0.2, 0) is 11.2 Å². The molecule has 1 aromatic heterocycles. The second-order valence-electron chi connectivity index (χ2n) is 6.19. The molecule has 0 spiro atoms. The van der Waals surface area contributed by atoms with Crippen molar-refractivity contribution in [3.05, 3.63) is 10.6 Å². The van der Waals surface area contributed by atoms with Gasteiger partial charge in [-0.05, 0) is 44.6 Å². The summed E-state index contributed by atoms with van der Waals surface area (Å²) in [5, 5.41) is 4.84. The van der Waals surface area contributed by atoms with E-state index in [0.717, 1.165) is 32.2 Å². The number of anilines is 1. The highest BCUT2D eigenvalue weighted by Gasteiger charge is 2.27. The maximum Gasteiger partial charge on any atom is 0.185 e. The molecule has 1 aliphatic carbocycles. The summed E-state index contributed by atoms with van der Waals surface area (Å²) < 4.78 is 5.29. The van der Waals surface area contributed by atoms with Gasteiger partial charge in [0.2, 0.25) is 0 Å². The molecule has 1 atom stereocenters. The van der Waals surface area contributed by atoms with Gasteiger partial charge in [0.25, 0.3) is 0 Å². The average Bonchev–Trinajstić information content (AvgIpc) is 2.94. The molecule has 0 saturated carbocycles. The van der Waals surface area contributed by atoms with E-state index in [4.69, 9.17) is 9.72 Å². The Hall–Kier alpha value is -0.650. The van der Waals surface area contributed by atoms with E-state index in [2.05, 4.69) is 17.1 Å². The summed E-state index contributed by atoms with van der Waals surface area (Å²) in [6, 6.07) is 0.481. The first kappa shape index (κ1) is 15.3. The van der Waals surface area contributed by atoms with E-state index >= 15 is 0 Å². The van der Waals surface area contributed by atoms with Gasteiger partial charge in [-0.3, -0.25) is 0 Å². The Bertz CT molecular complexity index is 454. The van der Waals surface area contributed by atoms with E-state index in [9.17, 15) is 0 Å². The monoisotopic (exact) mass is 309 g/mol. The predicted molar refractivity (Wildman–Crippen MR) is 88.3 cm³/mol. The van der Waals surface area contributed by atoms with Crippen molar-refractivity contribution in [3.63, 3.8) is 0 Å². The fraction of sp³-hybridized carbons (Fsp3) is 0.812. The van der Waals surface area contributed by atoms with Crippen LogP contribution in [0, 0.1) is 5.92 Å². The number of aromatic nitrogens is 1. The standard InChI is InChI=1S/C16H27N3OS/c1-3-17-13-5-4-6-14-15(13)18-16(21-14)19-9-7-12(8-10-19)11-20-2/h12-13,17H,3-11H2,1-2H3. The molecule has 0 radical (unpaired) electrons. The van der Waals surface area contributed by atoms with Crippen molar-refractivity contribution in [1.82, 2.24) is 10.3 Å². The van der Waals surface area contributed by atoms with Crippen molar-refractivity contribution in [1.29, 1.82) is 0 Å². The number of nitrogens with zero attached hydrogens (tertiary/aromatic N) is 2. The molecule has 2 aliphatic rings. The third-order valence-electron chi connectivity index (χ3n) is 4.68. The van der Waals surface area contributed by atoms with Gasteiger partial charge in [0.05, 0.1) is 11.7 Å². The number of aryl methyl sites for hydroxylation is 1. The second kappa shape index (κ2) is 7.07. The molecular formula is C16H27N3OS. The highest BCUT2D eigenvalue weighted by molar-refractivity contribution is 7.15. The molecule has 0 bridgehead atoms. The lowest BCUT2D eigenvalue weighted by Crippen LogP contribution is -2.35. The molecule has 3 rings (SSSR count). The predicted octanol–water partition coefficient (Wildman–Crippen LogP) is 2.99. The van der Waals surface area contributed by atoms with Crippen LogP contribution in [0.4, 0.5) is 5.13 Å². The Balaban J connectivity index is 1.67. The maximum atomic E-state index is 5.29. The number of rotatable bonds is 5. The lowest BCUT2D eigenvalue weighted by Gasteiger charge is -2.31. The molecule has 1 fully saturated rings. The van der Waals surface area contributed by atoms with E-state index < -0.39 is 0 Å². The fourth-order valence-corrected chi connectivity index (χ4v) is 4.73. The smallest absolute Gasteiger partial charge is 0.185 e. The molecule has 118 valence electrons. The number of nitrogens with one attached hydrogen (secondary N) is 1. The summed E-state index contributed by atoms with van der Waals surface area (Å²) in [5.74, 6) is 0.732. The van der Waals surface area contributed by atoms with E-state index in [1.165, 1.54) is 47.8 Å². The number of hydrogen-bond acceptors (Lipinski definition) is 5. The first-order valence-corrected chi connectivity index (χ1v) is 9.10. The van der Waals surface area contributed by atoms with E-state index in [-0.39, 0.29) is 0 Å². The zero-order valence-electron chi connectivity index (χ0n) is 13.2. The van der Waals surface area contributed by atoms with Gasteiger partial charge in [0.15, 0.2) is 5.13 Å². The third kappa shape index (κ3) is 3.41. The Morgan fingerprint density at radius 3 is 2.86 bits per heavy atom. The van der Waals surface area contributed by atoms with Crippen molar-refractivity contribution in [2.24, 2.45) is 5.92 Å². The van der Waals surface area contributed by atoms with E-state index in [1.807, 2.05) is 18.4 Å². The summed E-state index contributed by atoms with van der Waals surface area (Å²) in [6.07, 6.45) is 6.21. The molecule has 1 aliphatic heterocycles. The van der Waals surface area contributed by atoms with Crippen molar-refractivity contribution in [2.75, 3.05) is 38.3 Å². The number of piperidine rings is 1. The van der Waals surface area contributed by atoms with Gasteiger partial charge in [0.1, 0.15) is 0 Å². The Morgan fingerprint density at radius 1 is 1.33 bits per heavy atom. The van der Waals surface area contributed by atoms with Crippen molar-refractivity contribution in [2.45, 2.75) is 45.1 Å². The van der Waals surface area contributed by atoms with Gasteiger partial charge in [0, 0.05) is 31.7 Å². The highest BCUT2D eigenvalue weighted by Crippen LogP contribution is 2.37. The molecule has 1 N–H and O–H groups in total. The van der Waals surface area contributed by atoms with E-state index in [1.54, 1.807) is 0 Å². The number of thiazole rings is 1. The minimum absolute atomic E-state index is 0.481. The molecule has 21 heavy (non-hydrogen) atoms. The summed E-state index contributed by atoms with van der Waals surface area (Å²) in [4.78, 5) is 9.00. The van der Waals surface area contributed by atoms with Gasteiger partial charge in [-0.25, -0.2) is 4.98 Å². The summed E-state index contributed by atoms with van der Waals surface area (Å²) >= 11 is 1.93. The Morgan fingerprint density at radius 2 is 2.14 bits per heavy atom. The Kier molecular flexibility index (Phi) is 5.14. The SMILES string of the molecule is CCNC1CCCc2sc(N3CCC(COC)CC3)nc21. The molecule has 1 aromatic rings. The fourth-order valence-electron chi connectivity index (χ4n) is 3.51. The lowest BCUT2D eigenvalue weighted by atomic mass is 9.97. The molecule has 5 heteroatoms. The lowest BCUT2D eigenvalue weighted by molar-refractivity contribution is 0.139. The normalized spacial score (nSPS) is 23.3. The van der Waals surface area contributed by atoms with Gasteiger partial charge in [-0.15, -0.1) is 11.3 Å². The maximum absolute atomic E-state index is 5.29. The zero-order chi connectivity index (χ0) is 14.7. The van der Waals surface area contributed by atoms with Crippen molar-refractivity contribution < 1.29 is 4.74 Å².